The van der Waals surface area contributed by atoms with E-state index < -0.39 is 4.92 Å². The lowest BCUT2D eigenvalue weighted by Crippen LogP contribution is -2.44. The van der Waals surface area contributed by atoms with Crippen LogP contribution in [0.2, 0.25) is 0 Å². The lowest BCUT2D eigenvalue weighted by molar-refractivity contribution is -0.385. The zero-order chi connectivity index (χ0) is 13.9. The SMILES string of the molecule is O=[N+]([O-])c1ccc(N(CC2CCCCN2)C2CC2)nc1. The zero-order valence-corrected chi connectivity index (χ0v) is 11.5. The lowest BCUT2D eigenvalue weighted by Gasteiger charge is -2.31. The molecule has 1 atom stereocenters. The standard InChI is InChI=1S/C14H20N4O2/c19-18(20)13-6-7-14(16-9-13)17(12-4-5-12)10-11-3-1-2-8-15-11/h6-7,9,11-12,15H,1-5,8,10H2. The quantitative estimate of drug-likeness (QED) is 0.658. The molecule has 3 rings (SSSR count). The van der Waals surface area contributed by atoms with E-state index >= 15 is 0 Å². The second kappa shape index (κ2) is 5.75. The van der Waals surface area contributed by atoms with Crippen molar-refractivity contribution in [3.05, 3.63) is 28.4 Å². The fourth-order valence-corrected chi connectivity index (χ4v) is 2.79. The number of nitrogens with one attached hydrogen (secondary N) is 1. The molecule has 0 spiro atoms. The second-order valence-electron chi connectivity index (χ2n) is 5.66. The number of pyridine rings is 1. The average Bonchev–Trinajstić information content (AvgIpc) is 3.30. The number of hydrogen-bond donors (Lipinski definition) is 1. The molecule has 1 unspecified atom stereocenters. The van der Waals surface area contributed by atoms with E-state index in [0.29, 0.717) is 12.1 Å². The molecule has 0 radical (unpaired) electrons. The maximum atomic E-state index is 10.7. The summed E-state index contributed by atoms with van der Waals surface area (Å²) in [4.78, 5) is 16.9. The molecule has 1 aliphatic heterocycles. The summed E-state index contributed by atoms with van der Waals surface area (Å²) < 4.78 is 0. The number of rotatable bonds is 5. The minimum Gasteiger partial charge on any atom is -0.352 e. The van der Waals surface area contributed by atoms with Gasteiger partial charge in [-0.3, -0.25) is 10.1 Å². The van der Waals surface area contributed by atoms with Gasteiger partial charge >= 0.3 is 0 Å². The minimum absolute atomic E-state index is 0.0558. The number of anilines is 1. The van der Waals surface area contributed by atoms with E-state index in [9.17, 15) is 10.1 Å². The van der Waals surface area contributed by atoms with E-state index in [1.54, 1.807) is 12.1 Å². The van der Waals surface area contributed by atoms with Gasteiger partial charge < -0.3 is 10.2 Å². The molecule has 6 heteroatoms. The molecule has 20 heavy (non-hydrogen) atoms. The highest BCUT2D eigenvalue weighted by Gasteiger charge is 2.32. The van der Waals surface area contributed by atoms with Crippen LogP contribution in [0.3, 0.4) is 0 Å². The number of nitro groups is 1. The number of nitrogens with zero attached hydrogens (tertiary/aromatic N) is 3. The van der Waals surface area contributed by atoms with Crippen molar-refractivity contribution in [2.45, 2.75) is 44.2 Å². The third kappa shape index (κ3) is 3.07. The Bertz CT molecular complexity index is 467. The van der Waals surface area contributed by atoms with Crippen molar-refractivity contribution < 1.29 is 4.92 Å². The second-order valence-corrected chi connectivity index (χ2v) is 5.66. The first-order chi connectivity index (χ1) is 9.74. The molecule has 2 aliphatic rings. The predicted octanol–water partition coefficient (Wildman–Crippen LogP) is 2.10. The number of hydrogen-bond acceptors (Lipinski definition) is 5. The fourth-order valence-electron chi connectivity index (χ4n) is 2.79. The molecule has 6 nitrogen and oxygen atoms in total. The summed E-state index contributed by atoms with van der Waals surface area (Å²) in [5.74, 6) is 0.866. The molecule has 1 N–H and O–H groups in total. The summed E-state index contributed by atoms with van der Waals surface area (Å²) in [6, 6.07) is 4.40. The molecule has 1 saturated heterocycles. The van der Waals surface area contributed by atoms with Gasteiger partial charge in [0.1, 0.15) is 12.0 Å². The van der Waals surface area contributed by atoms with Crippen LogP contribution < -0.4 is 10.2 Å². The molecule has 1 aliphatic carbocycles. The fraction of sp³-hybridized carbons (Fsp3) is 0.643. The molecule has 2 heterocycles. The molecular weight excluding hydrogens is 256 g/mol. The molecule has 0 bridgehead atoms. The summed E-state index contributed by atoms with van der Waals surface area (Å²) in [5, 5.41) is 14.2. The van der Waals surface area contributed by atoms with Crippen LogP contribution in [0.15, 0.2) is 18.3 Å². The Morgan fingerprint density at radius 2 is 2.20 bits per heavy atom. The van der Waals surface area contributed by atoms with Crippen molar-refractivity contribution in [3.63, 3.8) is 0 Å². The van der Waals surface area contributed by atoms with Crippen LogP contribution in [0.1, 0.15) is 32.1 Å². The molecule has 108 valence electrons. The molecular formula is C14H20N4O2. The molecule has 0 amide bonds. The average molecular weight is 276 g/mol. The van der Waals surface area contributed by atoms with Crippen molar-refractivity contribution in [1.82, 2.24) is 10.3 Å². The van der Waals surface area contributed by atoms with Crippen molar-refractivity contribution in [3.8, 4) is 0 Å². The normalized spacial score (nSPS) is 22.5. The van der Waals surface area contributed by atoms with Gasteiger partial charge in [-0.1, -0.05) is 6.42 Å². The third-order valence-corrected chi connectivity index (χ3v) is 4.05. The van der Waals surface area contributed by atoms with Gasteiger partial charge in [-0.2, -0.15) is 0 Å². The summed E-state index contributed by atoms with van der Waals surface area (Å²) >= 11 is 0. The van der Waals surface area contributed by atoms with Crippen LogP contribution >= 0.6 is 0 Å². The Kier molecular flexibility index (Phi) is 3.82. The Labute approximate surface area is 118 Å². The van der Waals surface area contributed by atoms with Crippen LogP contribution in [0, 0.1) is 10.1 Å². The first-order valence-corrected chi connectivity index (χ1v) is 7.34. The molecule has 0 aromatic carbocycles. The topological polar surface area (TPSA) is 71.3 Å². The molecule has 2 fully saturated rings. The summed E-state index contributed by atoms with van der Waals surface area (Å²) in [7, 11) is 0. The zero-order valence-electron chi connectivity index (χ0n) is 11.5. The Balaban J connectivity index is 1.71. The highest BCUT2D eigenvalue weighted by Crippen LogP contribution is 2.31. The van der Waals surface area contributed by atoms with Crippen molar-refractivity contribution in [1.29, 1.82) is 0 Å². The van der Waals surface area contributed by atoms with E-state index in [-0.39, 0.29) is 5.69 Å². The van der Waals surface area contributed by atoms with Gasteiger partial charge in [0.15, 0.2) is 0 Å². The Morgan fingerprint density at radius 3 is 2.75 bits per heavy atom. The third-order valence-electron chi connectivity index (χ3n) is 4.05. The Hall–Kier alpha value is -1.69. The lowest BCUT2D eigenvalue weighted by atomic mass is 10.0. The van der Waals surface area contributed by atoms with Crippen LogP contribution in [0.25, 0.3) is 0 Å². The maximum Gasteiger partial charge on any atom is 0.287 e. The molecule has 1 saturated carbocycles. The first kappa shape index (κ1) is 13.3. The van der Waals surface area contributed by atoms with Crippen LogP contribution in [0.4, 0.5) is 11.5 Å². The van der Waals surface area contributed by atoms with E-state index in [4.69, 9.17) is 0 Å². The first-order valence-electron chi connectivity index (χ1n) is 7.34. The minimum atomic E-state index is -0.402. The van der Waals surface area contributed by atoms with Gasteiger partial charge in [0, 0.05) is 24.7 Å². The highest BCUT2D eigenvalue weighted by molar-refractivity contribution is 5.45. The van der Waals surface area contributed by atoms with Crippen LogP contribution in [-0.4, -0.2) is 35.1 Å². The van der Waals surface area contributed by atoms with Crippen molar-refractivity contribution in [2.24, 2.45) is 0 Å². The predicted molar refractivity (Wildman–Crippen MR) is 76.9 cm³/mol. The number of piperidine rings is 1. The van der Waals surface area contributed by atoms with Gasteiger partial charge in [-0.25, -0.2) is 4.98 Å². The van der Waals surface area contributed by atoms with Gasteiger partial charge in [0.25, 0.3) is 5.69 Å². The van der Waals surface area contributed by atoms with E-state index in [2.05, 4.69) is 15.2 Å². The monoisotopic (exact) mass is 276 g/mol. The van der Waals surface area contributed by atoms with E-state index in [1.807, 2.05) is 0 Å². The van der Waals surface area contributed by atoms with Crippen LogP contribution in [0.5, 0.6) is 0 Å². The van der Waals surface area contributed by atoms with Gasteiger partial charge in [0.2, 0.25) is 0 Å². The van der Waals surface area contributed by atoms with E-state index in [0.717, 1.165) is 18.9 Å². The van der Waals surface area contributed by atoms with Gasteiger partial charge in [-0.15, -0.1) is 0 Å². The van der Waals surface area contributed by atoms with Crippen molar-refractivity contribution in [2.75, 3.05) is 18.0 Å². The van der Waals surface area contributed by atoms with Gasteiger partial charge in [-0.05, 0) is 38.3 Å². The summed E-state index contributed by atoms with van der Waals surface area (Å²) in [6.07, 6.45) is 7.51. The number of aromatic nitrogens is 1. The summed E-state index contributed by atoms with van der Waals surface area (Å²) in [6.45, 7) is 2.05. The highest BCUT2D eigenvalue weighted by atomic mass is 16.6. The van der Waals surface area contributed by atoms with E-state index in [1.165, 1.54) is 38.3 Å². The van der Waals surface area contributed by atoms with Crippen LogP contribution in [-0.2, 0) is 0 Å². The molecule has 1 aromatic heterocycles. The smallest absolute Gasteiger partial charge is 0.287 e. The largest absolute Gasteiger partial charge is 0.352 e. The Morgan fingerprint density at radius 1 is 1.35 bits per heavy atom. The summed E-state index contributed by atoms with van der Waals surface area (Å²) in [5.41, 5.74) is 0.0558. The van der Waals surface area contributed by atoms with Gasteiger partial charge in [0.05, 0.1) is 4.92 Å². The van der Waals surface area contributed by atoms with Crippen molar-refractivity contribution >= 4 is 11.5 Å². The molecule has 1 aromatic rings. The maximum absolute atomic E-state index is 10.7.